The average Bonchev–Trinajstić information content (AvgIpc) is 3.66. The van der Waals surface area contributed by atoms with Crippen LogP contribution in [-0.4, -0.2) is 0 Å². The second-order valence-electron chi connectivity index (χ2n) is 14.8. The monoisotopic (exact) mass is 715 g/mol. The van der Waals surface area contributed by atoms with E-state index in [9.17, 15) is 0 Å². The minimum absolute atomic E-state index is 0.289. The molecule has 0 radical (unpaired) electrons. The Hall–Kier alpha value is -7.16. The average molecular weight is 716 g/mol. The normalized spacial score (nSPS) is 14.4. The van der Waals surface area contributed by atoms with Crippen LogP contribution < -0.4 is 9.64 Å². The van der Waals surface area contributed by atoms with Crippen LogP contribution in [0.4, 0.5) is 17.1 Å². The highest BCUT2D eigenvalue weighted by atomic mass is 16.5. The summed E-state index contributed by atoms with van der Waals surface area (Å²) in [7, 11) is 0. The van der Waals surface area contributed by atoms with Crippen LogP contribution in [-0.2, 0) is 0 Å². The van der Waals surface area contributed by atoms with Crippen molar-refractivity contribution < 1.29 is 4.74 Å². The highest BCUT2D eigenvalue weighted by molar-refractivity contribution is 6.19. The van der Waals surface area contributed by atoms with Gasteiger partial charge in [0.2, 0.25) is 0 Å². The summed E-state index contributed by atoms with van der Waals surface area (Å²) in [6.07, 6.45) is 7.42. The fourth-order valence-electron chi connectivity index (χ4n) is 8.87. The van der Waals surface area contributed by atoms with Crippen molar-refractivity contribution in [3.05, 3.63) is 218 Å². The lowest BCUT2D eigenvalue weighted by molar-refractivity contribution is 0.426. The third kappa shape index (κ3) is 5.41. The molecule has 56 heavy (non-hydrogen) atoms. The summed E-state index contributed by atoms with van der Waals surface area (Å²) in [4.78, 5) is 2.36. The molecule has 0 aromatic heterocycles. The third-order valence-corrected chi connectivity index (χ3v) is 11.6. The van der Waals surface area contributed by atoms with Crippen LogP contribution in [0.5, 0.6) is 5.75 Å². The van der Waals surface area contributed by atoms with Crippen LogP contribution in [0.1, 0.15) is 17.9 Å². The number of benzene rings is 9. The number of anilines is 3. The topological polar surface area (TPSA) is 12.5 Å². The lowest BCUT2D eigenvalue weighted by Gasteiger charge is -2.26. The van der Waals surface area contributed by atoms with E-state index in [-0.39, 0.29) is 5.92 Å². The molecule has 11 rings (SSSR count). The molecule has 1 unspecified atom stereocenters. The Kier molecular flexibility index (Phi) is 7.67. The Morgan fingerprint density at radius 1 is 0.429 bits per heavy atom. The van der Waals surface area contributed by atoms with Gasteiger partial charge in [-0.15, -0.1) is 0 Å². The summed E-state index contributed by atoms with van der Waals surface area (Å²) >= 11 is 0. The smallest absolute Gasteiger partial charge is 0.138 e. The Bertz CT molecular complexity index is 3010. The van der Waals surface area contributed by atoms with E-state index in [0.29, 0.717) is 0 Å². The Balaban J connectivity index is 1.01. The second-order valence-corrected chi connectivity index (χ2v) is 14.8. The molecule has 264 valence electrons. The number of fused-ring (bicyclic) bond motifs is 8. The molecule has 0 saturated carbocycles. The number of allylic oxidation sites excluding steroid dienone is 4. The standard InChI is InChI=1S/C54H37NO/c1-2-11-36(12-3-1)37-23-28-41(29-24-37)55(43-15-8-14-40(35-43)46-19-10-21-52-51-17-6-7-22-53(51)56-54(46)52)42-30-25-39(26-31-42)45-18-9-20-47-48(45)33-34-49-44-16-5-4-13-38(44)27-32-50(47)49/h1-16,18-35,51H,17H2. The van der Waals surface area contributed by atoms with Gasteiger partial charge >= 0.3 is 0 Å². The van der Waals surface area contributed by atoms with E-state index in [4.69, 9.17) is 4.74 Å². The summed E-state index contributed by atoms with van der Waals surface area (Å²) in [6.45, 7) is 0. The van der Waals surface area contributed by atoms with Crippen LogP contribution in [0.15, 0.2) is 212 Å². The minimum atomic E-state index is 0.289. The number of hydrogen-bond acceptors (Lipinski definition) is 2. The SMILES string of the molecule is C1=CCC2C(=C1)Oc1c(-c3cccc(N(c4ccc(-c5ccccc5)cc4)c4ccc(-c5cccc6c5ccc5c7ccccc7ccc65)cc4)c3)cccc12. The zero-order chi connectivity index (χ0) is 37.0. The predicted octanol–water partition coefficient (Wildman–Crippen LogP) is 14.9. The number of ether oxygens (including phenoxy) is 1. The zero-order valence-electron chi connectivity index (χ0n) is 30.8. The molecule has 0 spiro atoms. The van der Waals surface area contributed by atoms with Crippen LogP contribution in [0.2, 0.25) is 0 Å². The molecule has 1 atom stereocenters. The quantitative estimate of drug-likeness (QED) is 0.159. The highest BCUT2D eigenvalue weighted by Gasteiger charge is 2.32. The maximum atomic E-state index is 6.55. The van der Waals surface area contributed by atoms with Crippen molar-refractivity contribution in [3.8, 4) is 39.1 Å². The first-order chi connectivity index (χ1) is 27.8. The van der Waals surface area contributed by atoms with E-state index in [2.05, 4.69) is 211 Å². The molecular weight excluding hydrogens is 679 g/mol. The summed E-state index contributed by atoms with van der Waals surface area (Å²) in [6, 6.07) is 68.4. The highest BCUT2D eigenvalue weighted by Crippen LogP contribution is 2.49. The Morgan fingerprint density at radius 3 is 1.91 bits per heavy atom. The van der Waals surface area contributed by atoms with Crippen molar-refractivity contribution in [3.63, 3.8) is 0 Å². The van der Waals surface area contributed by atoms with Crippen molar-refractivity contribution in [2.45, 2.75) is 12.3 Å². The molecule has 2 heteroatoms. The maximum absolute atomic E-state index is 6.55. The van der Waals surface area contributed by atoms with Gasteiger partial charge in [0.1, 0.15) is 11.5 Å². The minimum Gasteiger partial charge on any atom is -0.460 e. The molecule has 0 bridgehead atoms. The molecule has 1 aliphatic carbocycles. The maximum Gasteiger partial charge on any atom is 0.138 e. The molecule has 1 heterocycles. The first-order valence-electron chi connectivity index (χ1n) is 19.4. The van der Waals surface area contributed by atoms with E-state index in [0.717, 1.165) is 46.1 Å². The van der Waals surface area contributed by atoms with Gasteiger partial charge in [-0.2, -0.15) is 0 Å². The van der Waals surface area contributed by atoms with Crippen LogP contribution in [0, 0.1) is 0 Å². The van der Waals surface area contributed by atoms with Gasteiger partial charge in [-0.25, -0.2) is 0 Å². The Morgan fingerprint density at radius 2 is 1.05 bits per heavy atom. The molecule has 1 aliphatic heterocycles. The van der Waals surface area contributed by atoms with Crippen molar-refractivity contribution in [1.29, 1.82) is 0 Å². The van der Waals surface area contributed by atoms with Gasteiger partial charge in [-0.05, 0) is 109 Å². The van der Waals surface area contributed by atoms with Gasteiger partial charge in [0, 0.05) is 34.1 Å². The largest absolute Gasteiger partial charge is 0.460 e. The van der Waals surface area contributed by atoms with Crippen LogP contribution in [0.3, 0.4) is 0 Å². The van der Waals surface area contributed by atoms with E-state index in [1.807, 2.05) is 0 Å². The van der Waals surface area contributed by atoms with Gasteiger partial charge in [-0.1, -0.05) is 164 Å². The Labute approximate surface area is 326 Å². The molecule has 2 aliphatic rings. The summed E-state index contributed by atoms with van der Waals surface area (Å²) in [5.41, 5.74) is 11.6. The number of para-hydroxylation sites is 1. The molecule has 0 saturated heterocycles. The first-order valence-corrected chi connectivity index (χ1v) is 19.4. The van der Waals surface area contributed by atoms with Gasteiger partial charge in [-0.3, -0.25) is 0 Å². The number of nitrogens with zero attached hydrogens (tertiary/aromatic N) is 1. The van der Waals surface area contributed by atoms with E-state index in [1.54, 1.807) is 0 Å². The molecular formula is C54H37NO. The van der Waals surface area contributed by atoms with Gasteiger partial charge in [0.05, 0.1) is 0 Å². The fraction of sp³-hybridized carbons (Fsp3) is 0.0370. The van der Waals surface area contributed by atoms with Gasteiger partial charge in [0.25, 0.3) is 0 Å². The van der Waals surface area contributed by atoms with Crippen LogP contribution >= 0.6 is 0 Å². The predicted molar refractivity (Wildman–Crippen MR) is 235 cm³/mol. The molecule has 2 nitrogen and oxygen atoms in total. The summed E-state index contributed by atoms with van der Waals surface area (Å²) in [5, 5.41) is 7.66. The first kappa shape index (κ1) is 32.3. The van der Waals surface area contributed by atoms with Crippen molar-refractivity contribution >= 4 is 49.4 Å². The number of rotatable bonds is 6. The number of hydrogen-bond donors (Lipinski definition) is 0. The van der Waals surface area contributed by atoms with Crippen LogP contribution in [0.25, 0.3) is 65.7 Å². The lowest BCUT2D eigenvalue weighted by atomic mass is 9.90. The zero-order valence-corrected chi connectivity index (χ0v) is 30.8. The van der Waals surface area contributed by atoms with E-state index >= 15 is 0 Å². The van der Waals surface area contributed by atoms with Gasteiger partial charge < -0.3 is 9.64 Å². The molecule has 0 amide bonds. The molecule has 9 aromatic carbocycles. The molecule has 0 fully saturated rings. The molecule has 0 N–H and O–H groups in total. The van der Waals surface area contributed by atoms with Crippen molar-refractivity contribution in [2.24, 2.45) is 0 Å². The fourth-order valence-corrected chi connectivity index (χ4v) is 8.87. The second kappa shape index (κ2) is 13.3. The van der Waals surface area contributed by atoms with E-state index < -0.39 is 0 Å². The van der Waals surface area contributed by atoms with E-state index in [1.165, 1.54) is 60.1 Å². The van der Waals surface area contributed by atoms with Gasteiger partial charge in [0.15, 0.2) is 0 Å². The third-order valence-electron chi connectivity index (χ3n) is 11.6. The molecule has 9 aromatic rings. The lowest BCUT2D eigenvalue weighted by Crippen LogP contribution is -2.10. The van der Waals surface area contributed by atoms with Crippen molar-refractivity contribution in [2.75, 3.05) is 4.90 Å². The summed E-state index contributed by atoms with van der Waals surface area (Å²) < 4.78 is 6.55. The van der Waals surface area contributed by atoms with Crippen molar-refractivity contribution in [1.82, 2.24) is 0 Å². The summed E-state index contributed by atoms with van der Waals surface area (Å²) in [5.74, 6) is 2.31.